The minimum atomic E-state index is -4.51. The van der Waals surface area contributed by atoms with Gasteiger partial charge in [-0.15, -0.1) is 0 Å². The van der Waals surface area contributed by atoms with E-state index in [-0.39, 0.29) is 12.8 Å². The Morgan fingerprint density at radius 1 is 1.24 bits per heavy atom. The van der Waals surface area contributed by atoms with Gasteiger partial charge in [0, 0.05) is 13.1 Å². The first kappa shape index (κ1) is 16.3. The van der Waals surface area contributed by atoms with Gasteiger partial charge in [0.15, 0.2) is 5.60 Å². The molecule has 5 heteroatoms. The molecule has 0 amide bonds. The fourth-order valence-corrected chi connectivity index (χ4v) is 2.80. The van der Waals surface area contributed by atoms with Gasteiger partial charge < -0.3 is 10.0 Å². The number of likely N-dealkylation sites (tertiary alicyclic amines) is 1. The first-order valence-electron chi connectivity index (χ1n) is 7.37. The normalized spacial score (nSPS) is 19.7. The summed E-state index contributed by atoms with van der Waals surface area (Å²) in [5.41, 5.74) is -0.000403. The molecule has 0 spiro atoms. The number of rotatable bonds is 4. The maximum absolute atomic E-state index is 12.7. The molecule has 1 saturated heterocycles. The third kappa shape index (κ3) is 4.20. The molecule has 1 aliphatic heterocycles. The van der Waals surface area contributed by atoms with Crippen LogP contribution in [-0.4, -0.2) is 41.4 Å². The smallest absolute Gasteiger partial charge is 0.380 e. The van der Waals surface area contributed by atoms with E-state index in [0.717, 1.165) is 19.4 Å². The first-order valence-corrected chi connectivity index (χ1v) is 7.37. The van der Waals surface area contributed by atoms with Crippen LogP contribution >= 0.6 is 0 Å². The number of hydrogen-bond acceptors (Lipinski definition) is 2. The minimum absolute atomic E-state index is 0.221. The van der Waals surface area contributed by atoms with E-state index in [1.165, 1.54) is 11.1 Å². The van der Waals surface area contributed by atoms with Crippen molar-refractivity contribution < 1.29 is 18.3 Å². The van der Waals surface area contributed by atoms with E-state index in [1.54, 1.807) is 0 Å². The van der Waals surface area contributed by atoms with Gasteiger partial charge in [0.05, 0.1) is 0 Å². The van der Waals surface area contributed by atoms with Crippen LogP contribution in [0.25, 0.3) is 0 Å². The summed E-state index contributed by atoms with van der Waals surface area (Å²) in [4.78, 5) is 2.01. The number of alkyl halides is 3. The van der Waals surface area contributed by atoms with Crippen molar-refractivity contribution in [2.24, 2.45) is 0 Å². The van der Waals surface area contributed by atoms with Crippen LogP contribution in [0, 0.1) is 6.92 Å². The van der Waals surface area contributed by atoms with Crippen molar-refractivity contribution >= 4 is 0 Å². The molecule has 0 aromatic heterocycles. The van der Waals surface area contributed by atoms with E-state index >= 15 is 0 Å². The molecule has 0 atom stereocenters. The second kappa shape index (κ2) is 6.36. The molecular weight excluding hydrogens is 279 g/mol. The number of aliphatic hydroxyl groups is 1. The lowest BCUT2D eigenvalue weighted by Crippen LogP contribution is -2.53. The third-order valence-corrected chi connectivity index (χ3v) is 4.23. The number of halogens is 3. The van der Waals surface area contributed by atoms with Gasteiger partial charge in [-0.2, -0.15) is 13.2 Å². The molecule has 0 bridgehead atoms. The van der Waals surface area contributed by atoms with E-state index in [4.69, 9.17) is 0 Å². The summed E-state index contributed by atoms with van der Waals surface area (Å²) in [6, 6.07) is 8.28. The number of piperidine rings is 1. The highest BCUT2D eigenvalue weighted by Gasteiger charge is 2.54. The number of nitrogens with zero attached hydrogens (tertiary/aromatic N) is 1. The highest BCUT2D eigenvalue weighted by Crippen LogP contribution is 2.38. The standard InChI is InChI=1S/C16H22F3NO/c1-13-4-2-5-14(12-13)6-3-9-20-10-7-15(21,8-11-20)16(17,18)19/h2,4-5,12,21H,3,6-11H2,1H3. The van der Waals surface area contributed by atoms with Crippen molar-refractivity contribution in [3.8, 4) is 0 Å². The predicted octanol–water partition coefficient (Wildman–Crippen LogP) is 3.32. The summed E-state index contributed by atoms with van der Waals surface area (Å²) in [6.07, 6.45) is -3.10. The van der Waals surface area contributed by atoms with E-state index in [2.05, 4.69) is 12.1 Å². The lowest BCUT2D eigenvalue weighted by molar-refractivity contribution is -0.272. The van der Waals surface area contributed by atoms with Crippen LogP contribution in [0.3, 0.4) is 0 Å². The third-order valence-electron chi connectivity index (χ3n) is 4.23. The van der Waals surface area contributed by atoms with Crippen LogP contribution in [-0.2, 0) is 6.42 Å². The highest BCUT2D eigenvalue weighted by molar-refractivity contribution is 5.22. The molecule has 1 heterocycles. The summed E-state index contributed by atoms with van der Waals surface area (Å²) < 4.78 is 38.1. The summed E-state index contributed by atoms with van der Waals surface area (Å²) >= 11 is 0. The molecule has 2 rings (SSSR count). The Morgan fingerprint density at radius 2 is 1.90 bits per heavy atom. The summed E-state index contributed by atoms with van der Waals surface area (Å²) in [5.74, 6) is 0. The zero-order valence-corrected chi connectivity index (χ0v) is 12.3. The average molecular weight is 301 g/mol. The van der Waals surface area contributed by atoms with Gasteiger partial charge in [0.25, 0.3) is 0 Å². The van der Waals surface area contributed by atoms with Crippen LogP contribution in [0.5, 0.6) is 0 Å². The maximum Gasteiger partial charge on any atom is 0.417 e. The summed E-state index contributed by atoms with van der Waals surface area (Å²) in [6.45, 7) is 3.45. The van der Waals surface area contributed by atoms with Crippen LogP contribution in [0.2, 0.25) is 0 Å². The molecule has 1 aromatic carbocycles. The second-order valence-electron chi connectivity index (χ2n) is 5.96. The SMILES string of the molecule is Cc1cccc(CCCN2CCC(O)(C(F)(F)F)CC2)c1. The minimum Gasteiger partial charge on any atom is -0.380 e. The Hall–Kier alpha value is -1.07. The predicted molar refractivity (Wildman–Crippen MR) is 76.2 cm³/mol. The quantitative estimate of drug-likeness (QED) is 0.922. The molecule has 1 aliphatic rings. The van der Waals surface area contributed by atoms with Gasteiger partial charge in [0.2, 0.25) is 0 Å². The maximum atomic E-state index is 12.7. The Balaban J connectivity index is 1.75. The summed E-state index contributed by atoms with van der Waals surface area (Å²) in [5, 5.41) is 9.61. The largest absolute Gasteiger partial charge is 0.417 e. The number of hydrogen-bond donors (Lipinski definition) is 1. The van der Waals surface area contributed by atoms with Crippen LogP contribution in [0.4, 0.5) is 13.2 Å². The van der Waals surface area contributed by atoms with Crippen LogP contribution < -0.4 is 0 Å². The molecule has 0 radical (unpaired) electrons. The average Bonchev–Trinajstić information content (AvgIpc) is 2.40. The lowest BCUT2D eigenvalue weighted by atomic mass is 9.90. The fourth-order valence-electron chi connectivity index (χ4n) is 2.80. The number of benzene rings is 1. The molecule has 0 saturated carbocycles. The van der Waals surface area contributed by atoms with Gasteiger partial charge in [-0.3, -0.25) is 0 Å². The van der Waals surface area contributed by atoms with Crippen molar-refractivity contribution in [3.63, 3.8) is 0 Å². The molecular formula is C16H22F3NO. The first-order chi connectivity index (χ1) is 9.80. The van der Waals surface area contributed by atoms with Gasteiger partial charge in [-0.25, -0.2) is 0 Å². The topological polar surface area (TPSA) is 23.5 Å². The summed E-state index contributed by atoms with van der Waals surface area (Å²) in [7, 11) is 0. The van der Waals surface area contributed by atoms with Gasteiger partial charge in [-0.1, -0.05) is 29.8 Å². The van der Waals surface area contributed by atoms with E-state index < -0.39 is 11.8 Å². The van der Waals surface area contributed by atoms with Gasteiger partial charge >= 0.3 is 6.18 Å². The molecule has 0 aliphatic carbocycles. The van der Waals surface area contributed by atoms with Gasteiger partial charge in [-0.05, 0) is 44.7 Å². The fraction of sp³-hybridized carbons (Fsp3) is 0.625. The van der Waals surface area contributed by atoms with Crippen molar-refractivity contribution in [1.29, 1.82) is 0 Å². The Morgan fingerprint density at radius 3 is 2.48 bits per heavy atom. The molecule has 118 valence electrons. The van der Waals surface area contributed by atoms with Crippen LogP contribution in [0.1, 0.15) is 30.4 Å². The van der Waals surface area contributed by atoms with Gasteiger partial charge in [0.1, 0.15) is 0 Å². The monoisotopic (exact) mass is 301 g/mol. The van der Waals surface area contributed by atoms with E-state index in [9.17, 15) is 18.3 Å². The highest BCUT2D eigenvalue weighted by atomic mass is 19.4. The van der Waals surface area contributed by atoms with Crippen LogP contribution in [0.15, 0.2) is 24.3 Å². The van der Waals surface area contributed by atoms with Crippen molar-refractivity contribution in [2.75, 3.05) is 19.6 Å². The number of aryl methyl sites for hydroxylation is 2. The molecule has 1 N–H and O–H groups in total. The molecule has 21 heavy (non-hydrogen) atoms. The zero-order valence-electron chi connectivity index (χ0n) is 12.3. The van der Waals surface area contributed by atoms with E-state index in [1.807, 2.05) is 24.0 Å². The Bertz CT molecular complexity index is 465. The van der Waals surface area contributed by atoms with Crippen molar-refractivity contribution in [3.05, 3.63) is 35.4 Å². The lowest BCUT2D eigenvalue weighted by Gasteiger charge is -2.39. The molecule has 2 nitrogen and oxygen atoms in total. The van der Waals surface area contributed by atoms with Crippen molar-refractivity contribution in [1.82, 2.24) is 4.90 Å². The second-order valence-corrected chi connectivity index (χ2v) is 5.96. The Labute approximate surface area is 123 Å². The Kier molecular flexibility index (Phi) is 4.94. The zero-order chi connectivity index (χ0) is 15.5. The molecule has 0 unspecified atom stereocenters. The molecule has 1 aromatic rings. The van der Waals surface area contributed by atoms with E-state index in [0.29, 0.717) is 13.1 Å². The molecule has 1 fully saturated rings. The van der Waals surface area contributed by atoms with Crippen molar-refractivity contribution in [2.45, 2.75) is 44.4 Å².